The van der Waals surface area contributed by atoms with Gasteiger partial charge in [-0.2, -0.15) is 0 Å². The van der Waals surface area contributed by atoms with E-state index in [1.54, 1.807) is 12.5 Å². The highest BCUT2D eigenvalue weighted by Gasteiger charge is 2.26. The number of nitrogens with zero attached hydrogens (tertiary/aromatic N) is 3. The number of amides is 2. The summed E-state index contributed by atoms with van der Waals surface area (Å²) in [4.78, 5) is 36.1. The Balaban J connectivity index is 1.20. The molecule has 0 bridgehead atoms. The summed E-state index contributed by atoms with van der Waals surface area (Å²) >= 11 is 1.50. The molecule has 1 aromatic carbocycles. The van der Waals surface area contributed by atoms with Crippen LogP contribution in [0.3, 0.4) is 0 Å². The van der Waals surface area contributed by atoms with E-state index in [9.17, 15) is 9.59 Å². The second-order valence-electron chi connectivity index (χ2n) is 8.58. The fourth-order valence-corrected chi connectivity index (χ4v) is 5.07. The van der Waals surface area contributed by atoms with E-state index in [1.807, 2.05) is 29.2 Å². The molecule has 2 aliphatic heterocycles. The molecule has 1 fully saturated rings. The number of aliphatic imine (C=N–C) groups is 1. The lowest BCUT2D eigenvalue weighted by atomic mass is 9.97. The Morgan fingerprint density at radius 3 is 2.75 bits per heavy atom. The van der Waals surface area contributed by atoms with E-state index in [4.69, 9.17) is 14.2 Å². The van der Waals surface area contributed by atoms with Gasteiger partial charge in [-0.15, -0.1) is 11.3 Å². The number of anilines is 1. The van der Waals surface area contributed by atoms with Crippen molar-refractivity contribution in [3.05, 3.63) is 45.9 Å². The van der Waals surface area contributed by atoms with Crippen LogP contribution in [-0.2, 0) is 19.0 Å². The minimum Gasteiger partial charge on any atom is -0.382 e. The van der Waals surface area contributed by atoms with Crippen LogP contribution in [0.15, 0.2) is 34.6 Å². The standard InChI is InChI=1S/C25H33N5O5S/c1-33-11-12-34-13-14-35-16-22(31)30-9-5-18(6-10-30)25-29-21(17-36-25)24(32)28-20-4-2-3-19(15-20)23-26-7-8-27-23/h2-4,15,17-18H,5-14,16H2,1H3,(H,26,27)(H,28,32). The number of nitrogens with one attached hydrogen (secondary N) is 2. The number of methoxy groups -OCH3 is 1. The highest BCUT2D eigenvalue weighted by molar-refractivity contribution is 7.10. The van der Waals surface area contributed by atoms with Gasteiger partial charge in [0.15, 0.2) is 0 Å². The smallest absolute Gasteiger partial charge is 0.275 e. The Morgan fingerprint density at radius 1 is 1.17 bits per heavy atom. The number of carbonyl (C=O) groups excluding carboxylic acids is 2. The Hall–Kier alpha value is -2.86. The lowest BCUT2D eigenvalue weighted by molar-refractivity contribution is -0.137. The molecule has 2 N–H and O–H groups in total. The molecule has 3 heterocycles. The van der Waals surface area contributed by atoms with Crippen molar-refractivity contribution in [1.29, 1.82) is 0 Å². The fourth-order valence-electron chi connectivity index (χ4n) is 4.10. The zero-order valence-corrected chi connectivity index (χ0v) is 21.3. The molecule has 2 aromatic rings. The van der Waals surface area contributed by atoms with Crippen LogP contribution in [-0.4, -0.2) is 93.9 Å². The number of ether oxygens (including phenoxy) is 3. The van der Waals surface area contributed by atoms with E-state index >= 15 is 0 Å². The van der Waals surface area contributed by atoms with Gasteiger partial charge in [0.05, 0.1) is 38.0 Å². The van der Waals surface area contributed by atoms with E-state index < -0.39 is 0 Å². The van der Waals surface area contributed by atoms with Gasteiger partial charge in [-0.1, -0.05) is 12.1 Å². The lowest BCUT2D eigenvalue weighted by Gasteiger charge is -2.31. The molecule has 4 rings (SSSR count). The van der Waals surface area contributed by atoms with Gasteiger partial charge in [0.2, 0.25) is 5.91 Å². The highest BCUT2D eigenvalue weighted by Crippen LogP contribution is 2.30. The molecule has 10 nitrogen and oxygen atoms in total. The molecule has 1 aromatic heterocycles. The van der Waals surface area contributed by atoms with Crippen molar-refractivity contribution < 1.29 is 23.8 Å². The molecule has 0 spiro atoms. The summed E-state index contributed by atoms with van der Waals surface area (Å²) < 4.78 is 15.7. The van der Waals surface area contributed by atoms with Crippen molar-refractivity contribution in [1.82, 2.24) is 15.2 Å². The first-order chi connectivity index (χ1) is 17.6. The number of likely N-dealkylation sites (tertiary alicyclic amines) is 1. The van der Waals surface area contributed by atoms with Crippen molar-refractivity contribution in [3.8, 4) is 0 Å². The van der Waals surface area contributed by atoms with Crippen molar-refractivity contribution in [2.45, 2.75) is 18.8 Å². The molecule has 0 radical (unpaired) electrons. The normalized spacial score (nSPS) is 16.0. The summed E-state index contributed by atoms with van der Waals surface area (Å²) in [6, 6.07) is 7.63. The molecule has 2 amide bonds. The maximum absolute atomic E-state index is 12.8. The second-order valence-corrected chi connectivity index (χ2v) is 9.47. The summed E-state index contributed by atoms with van der Waals surface area (Å²) in [5, 5.41) is 8.92. The zero-order chi connectivity index (χ0) is 25.2. The van der Waals surface area contributed by atoms with Gasteiger partial charge in [-0.3, -0.25) is 14.6 Å². The fraction of sp³-hybridized carbons (Fsp3) is 0.520. The largest absolute Gasteiger partial charge is 0.382 e. The number of rotatable bonds is 12. The van der Waals surface area contributed by atoms with Crippen LogP contribution < -0.4 is 10.6 Å². The molecule has 1 saturated heterocycles. The van der Waals surface area contributed by atoms with Crippen molar-refractivity contribution in [3.63, 3.8) is 0 Å². The number of piperidine rings is 1. The maximum atomic E-state index is 12.8. The molecule has 2 aliphatic rings. The summed E-state index contributed by atoms with van der Waals surface area (Å²) in [5.41, 5.74) is 2.07. The van der Waals surface area contributed by atoms with Gasteiger partial charge >= 0.3 is 0 Å². The lowest BCUT2D eigenvalue weighted by Crippen LogP contribution is -2.40. The second kappa shape index (κ2) is 13.4. The molecular formula is C25H33N5O5S. The average Bonchev–Trinajstić information content (AvgIpc) is 3.61. The molecule has 0 aliphatic carbocycles. The number of hydrogen-bond acceptors (Lipinski definition) is 9. The number of carbonyl (C=O) groups is 2. The van der Waals surface area contributed by atoms with Crippen molar-refractivity contribution >= 4 is 34.7 Å². The van der Waals surface area contributed by atoms with E-state index in [0.717, 1.165) is 42.3 Å². The zero-order valence-electron chi connectivity index (χ0n) is 20.5. The predicted molar refractivity (Wildman–Crippen MR) is 138 cm³/mol. The summed E-state index contributed by atoms with van der Waals surface area (Å²) in [7, 11) is 1.62. The van der Waals surface area contributed by atoms with Crippen molar-refractivity contribution in [2.24, 2.45) is 4.99 Å². The van der Waals surface area contributed by atoms with Crippen LogP contribution in [0, 0.1) is 0 Å². The van der Waals surface area contributed by atoms with Crippen molar-refractivity contribution in [2.75, 3.05) is 71.6 Å². The summed E-state index contributed by atoms with van der Waals surface area (Å²) in [5.74, 6) is 0.855. The predicted octanol–water partition coefficient (Wildman–Crippen LogP) is 2.13. The molecule has 0 unspecified atom stereocenters. The quantitative estimate of drug-likeness (QED) is 0.416. The number of thiazole rings is 1. The van der Waals surface area contributed by atoms with Crippen LogP contribution in [0.25, 0.3) is 0 Å². The van der Waals surface area contributed by atoms with Crippen LogP contribution in [0.2, 0.25) is 0 Å². The van der Waals surface area contributed by atoms with E-state index in [-0.39, 0.29) is 24.3 Å². The van der Waals surface area contributed by atoms with Gasteiger partial charge in [-0.05, 0) is 25.0 Å². The molecule has 194 valence electrons. The first-order valence-electron chi connectivity index (χ1n) is 12.2. The van der Waals surface area contributed by atoms with Gasteiger partial charge in [0.1, 0.15) is 18.1 Å². The third kappa shape index (κ3) is 7.33. The minimum absolute atomic E-state index is 0.00875. The van der Waals surface area contributed by atoms with E-state index in [2.05, 4.69) is 20.6 Å². The number of amidine groups is 1. The Labute approximate surface area is 215 Å². The molecule has 36 heavy (non-hydrogen) atoms. The third-order valence-electron chi connectivity index (χ3n) is 6.05. The molecule has 11 heteroatoms. The van der Waals surface area contributed by atoms with Crippen LogP contribution in [0.5, 0.6) is 0 Å². The number of benzene rings is 1. The number of aromatic nitrogens is 1. The highest BCUT2D eigenvalue weighted by atomic mass is 32.1. The first kappa shape index (κ1) is 26.2. The molecular weight excluding hydrogens is 482 g/mol. The summed E-state index contributed by atoms with van der Waals surface area (Å²) in [6.45, 7) is 4.85. The monoisotopic (exact) mass is 515 g/mol. The van der Waals surface area contributed by atoms with Gasteiger partial charge in [-0.25, -0.2) is 4.98 Å². The van der Waals surface area contributed by atoms with E-state index in [1.165, 1.54) is 11.3 Å². The van der Waals surface area contributed by atoms with Gasteiger partial charge in [0, 0.05) is 49.3 Å². The Morgan fingerprint density at radius 2 is 1.97 bits per heavy atom. The van der Waals surface area contributed by atoms with Gasteiger partial charge < -0.3 is 29.7 Å². The average molecular weight is 516 g/mol. The SMILES string of the molecule is COCCOCCOCC(=O)N1CCC(c2nc(C(=O)Nc3cccc(C4=NCCN4)c3)cs2)CC1. The third-order valence-corrected chi connectivity index (χ3v) is 7.06. The Kier molecular flexibility index (Phi) is 9.79. The van der Waals surface area contributed by atoms with Crippen LogP contribution in [0.4, 0.5) is 5.69 Å². The van der Waals surface area contributed by atoms with Crippen LogP contribution in [0.1, 0.15) is 39.8 Å². The first-order valence-corrected chi connectivity index (χ1v) is 13.1. The topological polar surface area (TPSA) is 114 Å². The number of hydrogen-bond donors (Lipinski definition) is 2. The summed E-state index contributed by atoms with van der Waals surface area (Å²) in [6.07, 6.45) is 1.63. The molecule has 0 saturated carbocycles. The van der Waals surface area contributed by atoms with Crippen LogP contribution >= 0.6 is 11.3 Å². The van der Waals surface area contributed by atoms with E-state index in [0.29, 0.717) is 50.9 Å². The Bertz CT molecular complexity index is 1050. The maximum Gasteiger partial charge on any atom is 0.275 e. The minimum atomic E-state index is -0.230. The molecule has 0 atom stereocenters. The van der Waals surface area contributed by atoms with Gasteiger partial charge in [0.25, 0.3) is 5.91 Å².